The van der Waals surface area contributed by atoms with Crippen LogP contribution in [0.4, 0.5) is 5.69 Å². The fourth-order valence-electron chi connectivity index (χ4n) is 2.65. The Labute approximate surface area is 156 Å². The van der Waals surface area contributed by atoms with Crippen molar-refractivity contribution in [1.29, 1.82) is 0 Å². The molecule has 0 aliphatic heterocycles. The minimum Gasteiger partial charge on any atom is -0.490 e. The molecule has 2 aromatic rings. The Hall–Kier alpha value is -2.69. The van der Waals surface area contributed by atoms with E-state index in [1.165, 1.54) is 0 Å². The largest absolute Gasteiger partial charge is 0.490 e. The molecular formula is C21H28N2O3. The van der Waals surface area contributed by atoms with Crippen LogP contribution in [0, 0.1) is 0 Å². The topological polar surface area (TPSA) is 42.0 Å². The van der Waals surface area contributed by atoms with Crippen LogP contribution in [0.1, 0.15) is 29.8 Å². The van der Waals surface area contributed by atoms with E-state index in [-0.39, 0.29) is 5.91 Å². The highest BCUT2D eigenvalue weighted by Gasteiger charge is 2.15. The summed E-state index contributed by atoms with van der Waals surface area (Å²) in [6.45, 7) is 5.45. The van der Waals surface area contributed by atoms with Gasteiger partial charge < -0.3 is 19.3 Å². The van der Waals surface area contributed by atoms with Crippen molar-refractivity contribution in [2.45, 2.75) is 20.4 Å². The van der Waals surface area contributed by atoms with Gasteiger partial charge in [-0.05, 0) is 49.7 Å². The second-order valence-corrected chi connectivity index (χ2v) is 6.25. The van der Waals surface area contributed by atoms with Crippen molar-refractivity contribution in [2.24, 2.45) is 0 Å². The molecule has 5 heteroatoms. The summed E-state index contributed by atoms with van der Waals surface area (Å²) in [5.41, 5.74) is 2.81. The summed E-state index contributed by atoms with van der Waals surface area (Å²) >= 11 is 0. The quantitative estimate of drug-likeness (QED) is 0.721. The minimum atomic E-state index is -0.0503. The van der Waals surface area contributed by atoms with Crippen molar-refractivity contribution in [3.63, 3.8) is 0 Å². The maximum Gasteiger partial charge on any atom is 0.254 e. The smallest absolute Gasteiger partial charge is 0.254 e. The molecule has 26 heavy (non-hydrogen) atoms. The maximum atomic E-state index is 12.8. The lowest BCUT2D eigenvalue weighted by Gasteiger charge is -2.19. The summed E-state index contributed by atoms with van der Waals surface area (Å²) < 4.78 is 11.2. The Morgan fingerprint density at radius 2 is 1.50 bits per heavy atom. The van der Waals surface area contributed by atoms with Gasteiger partial charge in [-0.1, -0.05) is 12.1 Å². The lowest BCUT2D eigenvalue weighted by atomic mass is 10.1. The number of nitrogens with zero attached hydrogens (tertiary/aromatic N) is 2. The summed E-state index contributed by atoms with van der Waals surface area (Å²) in [6, 6.07) is 13.5. The first-order valence-electron chi connectivity index (χ1n) is 8.87. The molecule has 0 fully saturated rings. The normalized spacial score (nSPS) is 10.3. The van der Waals surface area contributed by atoms with Crippen LogP contribution in [0.15, 0.2) is 42.5 Å². The van der Waals surface area contributed by atoms with Gasteiger partial charge >= 0.3 is 0 Å². The molecule has 0 saturated heterocycles. The monoisotopic (exact) mass is 356 g/mol. The van der Waals surface area contributed by atoms with E-state index in [0.29, 0.717) is 36.8 Å². The average Bonchev–Trinajstić information content (AvgIpc) is 2.63. The molecule has 0 heterocycles. The Kier molecular flexibility index (Phi) is 6.89. The predicted octanol–water partition coefficient (Wildman–Crippen LogP) is 3.82. The molecule has 0 aromatic heterocycles. The molecule has 140 valence electrons. The van der Waals surface area contributed by atoms with Crippen molar-refractivity contribution >= 4 is 11.6 Å². The number of hydrogen-bond acceptors (Lipinski definition) is 4. The molecule has 0 unspecified atom stereocenters. The van der Waals surface area contributed by atoms with Gasteiger partial charge in [0.25, 0.3) is 5.91 Å². The van der Waals surface area contributed by atoms with Gasteiger partial charge in [0, 0.05) is 38.9 Å². The highest BCUT2D eigenvalue weighted by Crippen LogP contribution is 2.29. The SMILES string of the molecule is CCOc1ccc(C(=O)N(C)Cc2ccc(N(C)C)cc2)cc1OCC. The fraction of sp³-hybridized carbons (Fsp3) is 0.381. The molecule has 0 atom stereocenters. The zero-order valence-corrected chi connectivity index (χ0v) is 16.3. The first-order valence-corrected chi connectivity index (χ1v) is 8.87. The first-order chi connectivity index (χ1) is 12.5. The molecule has 0 saturated carbocycles. The van der Waals surface area contributed by atoms with Gasteiger partial charge in [0.1, 0.15) is 0 Å². The van der Waals surface area contributed by atoms with Crippen molar-refractivity contribution in [3.8, 4) is 11.5 Å². The highest BCUT2D eigenvalue weighted by atomic mass is 16.5. The van der Waals surface area contributed by atoms with Crippen LogP contribution in [0.3, 0.4) is 0 Å². The second kappa shape index (κ2) is 9.13. The Balaban J connectivity index is 2.12. The van der Waals surface area contributed by atoms with Gasteiger partial charge in [0.2, 0.25) is 0 Å². The Morgan fingerprint density at radius 3 is 2.08 bits per heavy atom. The maximum absolute atomic E-state index is 12.8. The standard InChI is InChI=1S/C21H28N2O3/c1-6-25-19-13-10-17(14-20(19)26-7-2)21(24)23(5)15-16-8-11-18(12-9-16)22(3)4/h8-14H,6-7,15H2,1-5H3. The van der Waals surface area contributed by atoms with Gasteiger partial charge in [-0.3, -0.25) is 4.79 Å². The number of rotatable bonds is 8. The van der Waals surface area contributed by atoms with E-state index in [4.69, 9.17) is 9.47 Å². The number of ether oxygens (including phenoxy) is 2. The van der Waals surface area contributed by atoms with Crippen LogP contribution < -0.4 is 14.4 Å². The number of benzene rings is 2. The Bertz CT molecular complexity index is 727. The van der Waals surface area contributed by atoms with E-state index >= 15 is 0 Å². The zero-order valence-electron chi connectivity index (χ0n) is 16.3. The van der Waals surface area contributed by atoms with Gasteiger partial charge in [-0.2, -0.15) is 0 Å². The van der Waals surface area contributed by atoms with Crippen molar-refractivity contribution in [2.75, 3.05) is 39.3 Å². The van der Waals surface area contributed by atoms with Crippen molar-refractivity contribution in [1.82, 2.24) is 4.90 Å². The van der Waals surface area contributed by atoms with E-state index in [1.54, 1.807) is 30.1 Å². The van der Waals surface area contributed by atoms with Crippen LogP contribution in [0.5, 0.6) is 11.5 Å². The van der Waals surface area contributed by atoms with E-state index in [2.05, 4.69) is 12.1 Å². The summed E-state index contributed by atoms with van der Waals surface area (Å²) in [7, 11) is 5.82. The second-order valence-electron chi connectivity index (χ2n) is 6.25. The van der Waals surface area contributed by atoms with Crippen LogP contribution in [0.25, 0.3) is 0 Å². The third-order valence-electron chi connectivity index (χ3n) is 4.01. The van der Waals surface area contributed by atoms with E-state index in [9.17, 15) is 4.79 Å². The summed E-state index contributed by atoms with van der Waals surface area (Å²) in [4.78, 5) is 16.5. The Morgan fingerprint density at radius 1 is 0.885 bits per heavy atom. The molecular weight excluding hydrogens is 328 g/mol. The number of anilines is 1. The molecule has 0 bridgehead atoms. The zero-order chi connectivity index (χ0) is 19.1. The van der Waals surface area contributed by atoms with Gasteiger partial charge in [-0.25, -0.2) is 0 Å². The number of hydrogen-bond donors (Lipinski definition) is 0. The predicted molar refractivity (Wildman–Crippen MR) is 105 cm³/mol. The first kappa shape index (κ1) is 19.6. The minimum absolute atomic E-state index is 0.0503. The molecule has 0 aliphatic carbocycles. The molecule has 1 amide bonds. The van der Waals surface area contributed by atoms with Crippen LogP contribution in [-0.2, 0) is 6.54 Å². The van der Waals surface area contributed by atoms with Crippen molar-refractivity contribution < 1.29 is 14.3 Å². The number of carbonyl (C=O) groups is 1. The van der Waals surface area contributed by atoms with E-state index in [1.807, 2.05) is 45.0 Å². The fourth-order valence-corrected chi connectivity index (χ4v) is 2.65. The summed E-state index contributed by atoms with van der Waals surface area (Å²) in [5, 5.41) is 0. The van der Waals surface area contributed by atoms with Gasteiger partial charge in [0.05, 0.1) is 13.2 Å². The molecule has 2 rings (SSSR count). The lowest BCUT2D eigenvalue weighted by Crippen LogP contribution is -2.26. The van der Waals surface area contributed by atoms with E-state index < -0.39 is 0 Å². The van der Waals surface area contributed by atoms with Crippen LogP contribution in [0.2, 0.25) is 0 Å². The lowest BCUT2D eigenvalue weighted by molar-refractivity contribution is 0.0784. The molecule has 0 spiro atoms. The molecule has 0 N–H and O–H groups in total. The molecule has 0 aliphatic rings. The highest BCUT2D eigenvalue weighted by molar-refractivity contribution is 5.94. The summed E-state index contributed by atoms with van der Waals surface area (Å²) in [6.07, 6.45) is 0. The van der Waals surface area contributed by atoms with E-state index in [0.717, 1.165) is 11.3 Å². The van der Waals surface area contributed by atoms with Gasteiger partial charge in [0.15, 0.2) is 11.5 Å². The third kappa shape index (κ3) is 4.91. The molecule has 2 aromatic carbocycles. The van der Waals surface area contributed by atoms with Crippen molar-refractivity contribution in [3.05, 3.63) is 53.6 Å². The third-order valence-corrected chi connectivity index (χ3v) is 4.01. The summed E-state index contributed by atoms with van der Waals surface area (Å²) in [5.74, 6) is 1.21. The molecule has 5 nitrogen and oxygen atoms in total. The average molecular weight is 356 g/mol. The van der Waals surface area contributed by atoms with Crippen LogP contribution in [-0.4, -0.2) is 45.2 Å². The number of amides is 1. The number of carbonyl (C=O) groups excluding carboxylic acids is 1. The molecule has 0 radical (unpaired) electrons. The van der Waals surface area contributed by atoms with Crippen LogP contribution >= 0.6 is 0 Å². The van der Waals surface area contributed by atoms with Gasteiger partial charge in [-0.15, -0.1) is 0 Å².